The molecule has 1 aromatic heterocycles. The highest BCUT2D eigenvalue weighted by molar-refractivity contribution is 9.10. The minimum atomic E-state index is -0.428. The fourth-order valence-electron chi connectivity index (χ4n) is 1.88. The molecule has 2 aromatic carbocycles. The minimum Gasteiger partial charge on any atom is -0.399 e. The maximum atomic E-state index is 13.4. The summed E-state index contributed by atoms with van der Waals surface area (Å²) in [6, 6.07) is 9.24. The van der Waals surface area contributed by atoms with Crippen LogP contribution in [0.4, 0.5) is 10.1 Å². The standard InChI is InChI=1S/C13H8BrClFN5/c14-10-3-2-8(17)6-9(10)13-18-19-20-21(13)12-5-7(16)1-4-11(12)15/h1-6H,17H2. The molecule has 0 saturated carbocycles. The Balaban J connectivity index is 2.22. The third kappa shape index (κ3) is 2.62. The van der Waals surface area contributed by atoms with E-state index in [-0.39, 0.29) is 0 Å². The van der Waals surface area contributed by atoms with Crippen molar-refractivity contribution < 1.29 is 4.39 Å². The number of nitrogens with two attached hydrogens (primary N) is 1. The summed E-state index contributed by atoms with van der Waals surface area (Å²) in [6.45, 7) is 0. The fourth-order valence-corrected chi connectivity index (χ4v) is 2.50. The van der Waals surface area contributed by atoms with Crippen LogP contribution in [0, 0.1) is 5.82 Å². The number of hydrogen-bond donors (Lipinski definition) is 1. The number of aromatic nitrogens is 4. The summed E-state index contributed by atoms with van der Waals surface area (Å²) in [6.07, 6.45) is 0. The lowest BCUT2D eigenvalue weighted by Gasteiger charge is -2.08. The van der Waals surface area contributed by atoms with E-state index in [9.17, 15) is 4.39 Å². The van der Waals surface area contributed by atoms with E-state index < -0.39 is 5.82 Å². The molecule has 0 aliphatic rings. The number of halogens is 3. The van der Waals surface area contributed by atoms with Gasteiger partial charge in [0.1, 0.15) is 5.82 Å². The van der Waals surface area contributed by atoms with Crippen LogP contribution in [0.15, 0.2) is 40.9 Å². The Morgan fingerprint density at radius 1 is 1.19 bits per heavy atom. The average Bonchev–Trinajstić information content (AvgIpc) is 2.93. The molecule has 0 amide bonds. The first kappa shape index (κ1) is 14.0. The summed E-state index contributed by atoms with van der Waals surface area (Å²) >= 11 is 9.52. The molecule has 21 heavy (non-hydrogen) atoms. The minimum absolute atomic E-state index is 0.338. The van der Waals surface area contributed by atoms with Crippen LogP contribution in [0.5, 0.6) is 0 Å². The Labute approximate surface area is 132 Å². The van der Waals surface area contributed by atoms with Crippen LogP contribution in [0.3, 0.4) is 0 Å². The van der Waals surface area contributed by atoms with Gasteiger partial charge < -0.3 is 5.73 Å². The van der Waals surface area contributed by atoms with Gasteiger partial charge in [0.2, 0.25) is 0 Å². The molecular formula is C13H8BrClFN5. The smallest absolute Gasteiger partial charge is 0.188 e. The second kappa shape index (κ2) is 5.42. The molecule has 5 nitrogen and oxygen atoms in total. The molecule has 0 spiro atoms. The van der Waals surface area contributed by atoms with Crippen molar-refractivity contribution >= 4 is 33.2 Å². The van der Waals surface area contributed by atoms with Gasteiger partial charge in [0.05, 0.1) is 10.7 Å². The van der Waals surface area contributed by atoms with Gasteiger partial charge in [-0.3, -0.25) is 0 Å². The highest BCUT2D eigenvalue weighted by Crippen LogP contribution is 2.31. The van der Waals surface area contributed by atoms with Crippen LogP contribution in [0.1, 0.15) is 0 Å². The third-order valence-electron chi connectivity index (χ3n) is 2.84. The van der Waals surface area contributed by atoms with E-state index in [1.807, 2.05) is 0 Å². The van der Waals surface area contributed by atoms with Gasteiger partial charge in [0, 0.05) is 21.8 Å². The summed E-state index contributed by atoms with van der Waals surface area (Å²) < 4.78 is 15.6. The van der Waals surface area contributed by atoms with Gasteiger partial charge in [-0.1, -0.05) is 27.5 Å². The lowest BCUT2D eigenvalue weighted by molar-refractivity contribution is 0.625. The zero-order valence-electron chi connectivity index (χ0n) is 10.5. The predicted octanol–water partition coefficient (Wildman–Crippen LogP) is 3.47. The van der Waals surface area contributed by atoms with Crippen molar-refractivity contribution in [3.05, 3.63) is 51.7 Å². The molecule has 8 heteroatoms. The third-order valence-corrected chi connectivity index (χ3v) is 3.85. The van der Waals surface area contributed by atoms with Crippen molar-refractivity contribution in [1.82, 2.24) is 20.2 Å². The Bertz CT molecular complexity index is 754. The van der Waals surface area contributed by atoms with E-state index in [1.54, 1.807) is 18.2 Å². The molecule has 0 aliphatic carbocycles. The van der Waals surface area contributed by atoms with E-state index in [1.165, 1.54) is 22.9 Å². The van der Waals surface area contributed by atoms with Crippen LogP contribution in [-0.2, 0) is 0 Å². The fraction of sp³-hybridized carbons (Fsp3) is 0. The quantitative estimate of drug-likeness (QED) is 0.703. The summed E-state index contributed by atoms with van der Waals surface area (Å²) in [5.41, 5.74) is 7.39. The van der Waals surface area contributed by atoms with Crippen LogP contribution in [-0.4, -0.2) is 20.2 Å². The first-order valence-corrected chi connectivity index (χ1v) is 7.02. The molecule has 1 heterocycles. The molecule has 0 aliphatic heterocycles. The Morgan fingerprint density at radius 2 is 2.00 bits per heavy atom. The SMILES string of the molecule is Nc1ccc(Br)c(-c2nnnn2-c2cc(F)ccc2Cl)c1. The molecule has 106 valence electrons. The number of nitrogens with zero attached hydrogens (tertiary/aromatic N) is 4. The molecular weight excluding hydrogens is 361 g/mol. The van der Waals surface area contributed by atoms with E-state index in [0.717, 1.165) is 4.47 Å². The summed E-state index contributed by atoms with van der Waals surface area (Å²) in [4.78, 5) is 0. The highest BCUT2D eigenvalue weighted by Gasteiger charge is 2.16. The van der Waals surface area contributed by atoms with Gasteiger partial charge in [0.25, 0.3) is 0 Å². The molecule has 3 aromatic rings. The summed E-state index contributed by atoms with van der Waals surface area (Å²) in [7, 11) is 0. The van der Waals surface area contributed by atoms with E-state index in [0.29, 0.717) is 27.8 Å². The zero-order chi connectivity index (χ0) is 15.0. The molecule has 0 atom stereocenters. The normalized spacial score (nSPS) is 10.8. The van der Waals surface area contributed by atoms with Gasteiger partial charge in [-0.2, -0.15) is 4.68 Å². The van der Waals surface area contributed by atoms with Crippen molar-refractivity contribution in [2.75, 3.05) is 5.73 Å². The van der Waals surface area contributed by atoms with Crippen molar-refractivity contribution in [3.8, 4) is 17.1 Å². The predicted molar refractivity (Wildman–Crippen MR) is 81.7 cm³/mol. The number of anilines is 1. The van der Waals surface area contributed by atoms with Crippen LogP contribution in [0.25, 0.3) is 17.1 Å². The number of nitrogen functional groups attached to an aromatic ring is 1. The van der Waals surface area contributed by atoms with Crippen LogP contribution in [0.2, 0.25) is 5.02 Å². The maximum absolute atomic E-state index is 13.4. The number of rotatable bonds is 2. The molecule has 0 bridgehead atoms. The number of benzene rings is 2. The lowest BCUT2D eigenvalue weighted by atomic mass is 10.2. The molecule has 3 rings (SSSR count). The largest absolute Gasteiger partial charge is 0.399 e. The Kier molecular flexibility index (Phi) is 3.60. The van der Waals surface area contributed by atoms with Crippen molar-refractivity contribution in [2.24, 2.45) is 0 Å². The van der Waals surface area contributed by atoms with E-state index in [4.69, 9.17) is 17.3 Å². The highest BCUT2D eigenvalue weighted by atomic mass is 79.9. The van der Waals surface area contributed by atoms with Crippen molar-refractivity contribution in [1.29, 1.82) is 0 Å². The van der Waals surface area contributed by atoms with E-state index in [2.05, 4.69) is 31.5 Å². The van der Waals surface area contributed by atoms with Crippen molar-refractivity contribution in [3.63, 3.8) is 0 Å². The second-order valence-electron chi connectivity index (χ2n) is 4.25. The Morgan fingerprint density at radius 3 is 2.81 bits per heavy atom. The lowest BCUT2D eigenvalue weighted by Crippen LogP contribution is -2.02. The van der Waals surface area contributed by atoms with E-state index >= 15 is 0 Å². The molecule has 0 fully saturated rings. The molecule has 0 saturated heterocycles. The van der Waals surface area contributed by atoms with Crippen LogP contribution >= 0.6 is 27.5 Å². The first-order chi connectivity index (χ1) is 10.1. The zero-order valence-corrected chi connectivity index (χ0v) is 12.8. The number of hydrogen-bond acceptors (Lipinski definition) is 4. The molecule has 2 N–H and O–H groups in total. The number of tetrazole rings is 1. The van der Waals surface area contributed by atoms with Crippen LogP contribution < -0.4 is 5.73 Å². The second-order valence-corrected chi connectivity index (χ2v) is 5.51. The van der Waals surface area contributed by atoms with Gasteiger partial charge >= 0.3 is 0 Å². The topological polar surface area (TPSA) is 69.6 Å². The average molecular weight is 369 g/mol. The maximum Gasteiger partial charge on any atom is 0.188 e. The van der Waals surface area contributed by atoms with Gasteiger partial charge in [-0.25, -0.2) is 4.39 Å². The monoisotopic (exact) mass is 367 g/mol. The van der Waals surface area contributed by atoms with Gasteiger partial charge in [0.15, 0.2) is 5.82 Å². The van der Waals surface area contributed by atoms with Gasteiger partial charge in [-0.15, -0.1) is 5.10 Å². The summed E-state index contributed by atoms with van der Waals surface area (Å²) in [5.74, 6) is -0.0239. The summed E-state index contributed by atoms with van der Waals surface area (Å²) in [5, 5.41) is 11.8. The first-order valence-electron chi connectivity index (χ1n) is 5.85. The molecule has 0 radical (unpaired) electrons. The Hall–Kier alpha value is -1.99. The van der Waals surface area contributed by atoms with Crippen molar-refractivity contribution in [2.45, 2.75) is 0 Å². The van der Waals surface area contributed by atoms with Gasteiger partial charge in [-0.05, 0) is 40.8 Å². The molecule has 0 unspecified atom stereocenters.